The predicted molar refractivity (Wildman–Crippen MR) is 92.8 cm³/mol. The molecule has 0 bridgehead atoms. The molecule has 1 N–H and O–H groups in total. The van der Waals surface area contributed by atoms with Crippen LogP contribution in [0.3, 0.4) is 0 Å². The molecule has 2 unspecified atom stereocenters. The smallest absolute Gasteiger partial charge is 0.173 e. The molecular weight excluding hydrogens is 333 g/mol. The summed E-state index contributed by atoms with van der Waals surface area (Å²) >= 11 is 12.2. The zero-order valence-corrected chi connectivity index (χ0v) is 14.2. The van der Waals surface area contributed by atoms with Gasteiger partial charge in [0.1, 0.15) is 0 Å². The van der Waals surface area contributed by atoms with Gasteiger partial charge in [-0.05, 0) is 23.8 Å². The Kier molecular flexibility index (Phi) is 5.58. The van der Waals surface area contributed by atoms with Gasteiger partial charge in [0, 0.05) is 40.3 Å². The van der Waals surface area contributed by atoms with Crippen LogP contribution in [0.1, 0.15) is 30.4 Å². The fourth-order valence-electron chi connectivity index (χ4n) is 2.61. The molecule has 5 heteroatoms. The number of allylic oxidation sites excluding steroid dienone is 1. The molecule has 0 radical (unpaired) electrons. The van der Waals surface area contributed by atoms with Crippen LogP contribution >= 0.6 is 23.2 Å². The Morgan fingerprint density at radius 3 is 2.74 bits per heavy atom. The number of hydrogen-bond acceptors (Lipinski definition) is 3. The lowest BCUT2D eigenvalue weighted by atomic mass is 9.75. The number of halogens is 2. The molecule has 1 aromatic carbocycles. The minimum absolute atomic E-state index is 0.0426. The Hall–Kier alpha value is -1.68. The molecule has 0 aliphatic rings. The van der Waals surface area contributed by atoms with Gasteiger partial charge in [-0.2, -0.15) is 0 Å². The number of hydrogen-bond donors (Lipinski definition) is 1. The van der Waals surface area contributed by atoms with Crippen LogP contribution in [0, 0.1) is 0 Å². The van der Waals surface area contributed by atoms with Gasteiger partial charge in [-0.15, -0.1) is 6.58 Å². The number of ketones is 1. The molecule has 0 saturated carbocycles. The Morgan fingerprint density at radius 1 is 1.43 bits per heavy atom. The Labute approximate surface area is 145 Å². The van der Waals surface area contributed by atoms with Gasteiger partial charge in [0.2, 0.25) is 0 Å². The number of pyridine rings is 1. The van der Waals surface area contributed by atoms with Crippen molar-refractivity contribution in [1.29, 1.82) is 0 Å². The number of aromatic nitrogens is 1. The van der Waals surface area contributed by atoms with E-state index in [9.17, 15) is 9.90 Å². The van der Waals surface area contributed by atoms with Gasteiger partial charge in [0.05, 0.1) is 0 Å². The largest absolute Gasteiger partial charge is 0.377 e. The molecule has 3 nitrogen and oxygen atoms in total. The standard InChI is InChI=1S/C18H17Cl2NO2/c1-3-5-17(22)18(23,13-6-4-9-21-11-13)12(2)15-8-7-14(19)10-16(15)20/h3-4,6-12,23H,1,5H2,2H3. The number of aliphatic hydroxyl groups is 1. The van der Waals surface area contributed by atoms with E-state index in [-0.39, 0.29) is 12.2 Å². The number of rotatable bonds is 6. The maximum atomic E-state index is 12.6. The summed E-state index contributed by atoms with van der Waals surface area (Å²) in [6, 6.07) is 8.35. The molecule has 1 heterocycles. The van der Waals surface area contributed by atoms with Crippen molar-refractivity contribution in [2.24, 2.45) is 0 Å². The first-order valence-corrected chi connectivity index (χ1v) is 7.88. The van der Waals surface area contributed by atoms with E-state index < -0.39 is 11.5 Å². The molecule has 0 amide bonds. The van der Waals surface area contributed by atoms with Crippen molar-refractivity contribution in [2.45, 2.75) is 24.9 Å². The molecule has 0 aliphatic carbocycles. The monoisotopic (exact) mass is 349 g/mol. The zero-order chi connectivity index (χ0) is 17.0. The molecule has 0 saturated heterocycles. The maximum Gasteiger partial charge on any atom is 0.173 e. The average molecular weight is 350 g/mol. The van der Waals surface area contributed by atoms with Gasteiger partial charge in [-0.3, -0.25) is 9.78 Å². The summed E-state index contributed by atoms with van der Waals surface area (Å²) in [5, 5.41) is 12.2. The quantitative estimate of drug-likeness (QED) is 0.779. The van der Waals surface area contributed by atoms with Gasteiger partial charge in [-0.1, -0.05) is 48.3 Å². The summed E-state index contributed by atoms with van der Waals surface area (Å²) in [7, 11) is 0. The summed E-state index contributed by atoms with van der Waals surface area (Å²) in [4.78, 5) is 16.7. The Balaban J connectivity index is 2.57. The molecule has 0 fully saturated rings. The van der Waals surface area contributed by atoms with Crippen LogP contribution < -0.4 is 0 Å². The molecule has 2 aromatic rings. The molecule has 0 spiro atoms. The highest BCUT2D eigenvalue weighted by atomic mass is 35.5. The van der Waals surface area contributed by atoms with E-state index in [1.807, 2.05) is 0 Å². The minimum atomic E-state index is -1.75. The van der Waals surface area contributed by atoms with Crippen molar-refractivity contribution in [3.05, 3.63) is 76.6 Å². The molecule has 0 aliphatic heterocycles. The van der Waals surface area contributed by atoms with Gasteiger partial charge >= 0.3 is 0 Å². The lowest BCUT2D eigenvalue weighted by Gasteiger charge is -2.33. The van der Waals surface area contributed by atoms with Crippen LogP contribution in [0.2, 0.25) is 10.0 Å². The number of Topliss-reactive ketones (excluding diaryl/α,β-unsaturated/α-hetero) is 1. The topological polar surface area (TPSA) is 50.2 Å². The second-order valence-electron chi connectivity index (χ2n) is 5.31. The van der Waals surface area contributed by atoms with Crippen molar-refractivity contribution in [3.8, 4) is 0 Å². The lowest BCUT2D eigenvalue weighted by molar-refractivity contribution is -0.139. The number of carbonyl (C=O) groups excluding carboxylic acids is 1. The van der Waals surface area contributed by atoms with Crippen molar-refractivity contribution in [3.63, 3.8) is 0 Å². The van der Waals surface area contributed by atoms with Crippen LogP contribution in [0.4, 0.5) is 0 Å². The molecular formula is C18H17Cl2NO2. The molecule has 2 rings (SSSR count). The van der Waals surface area contributed by atoms with Gasteiger partial charge in [0.15, 0.2) is 11.4 Å². The van der Waals surface area contributed by atoms with E-state index in [0.29, 0.717) is 21.2 Å². The van der Waals surface area contributed by atoms with E-state index in [0.717, 1.165) is 0 Å². The second kappa shape index (κ2) is 7.26. The number of nitrogens with zero attached hydrogens (tertiary/aromatic N) is 1. The molecule has 1 aromatic heterocycles. The highest BCUT2D eigenvalue weighted by Crippen LogP contribution is 2.41. The highest BCUT2D eigenvalue weighted by molar-refractivity contribution is 6.35. The van der Waals surface area contributed by atoms with Gasteiger partial charge in [0.25, 0.3) is 0 Å². The second-order valence-corrected chi connectivity index (χ2v) is 6.16. The predicted octanol–water partition coefficient (Wildman–Crippen LogP) is 4.52. The van der Waals surface area contributed by atoms with Crippen LogP contribution in [0.25, 0.3) is 0 Å². The minimum Gasteiger partial charge on any atom is -0.377 e. The third-order valence-electron chi connectivity index (χ3n) is 3.91. The summed E-state index contributed by atoms with van der Waals surface area (Å²) in [6.45, 7) is 5.33. The van der Waals surface area contributed by atoms with Gasteiger partial charge < -0.3 is 5.11 Å². The van der Waals surface area contributed by atoms with Crippen molar-refractivity contribution >= 4 is 29.0 Å². The van der Waals surface area contributed by atoms with E-state index in [1.165, 1.54) is 12.3 Å². The van der Waals surface area contributed by atoms with E-state index in [4.69, 9.17) is 23.2 Å². The third kappa shape index (κ3) is 3.47. The summed E-state index contributed by atoms with van der Waals surface area (Å²) in [6.07, 6.45) is 4.59. The van der Waals surface area contributed by atoms with Crippen LogP contribution in [0.5, 0.6) is 0 Å². The Morgan fingerprint density at radius 2 is 2.17 bits per heavy atom. The zero-order valence-electron chi connectivity index (χ0n) is 12.7. The molecule has 120 valence electrons. The molecule has 2 atom stereocenters. The van der Waals surface area contributed by atoms with Crippen molar-refractivity contribution in [1.82, 2.24) is 4.98 Å². The normalized spacial score (nSPS) is 14.8. The van der Waals surface area contributed by atoms with Crippen molar-refractivity contribution < 1.29 is 9.90 Å². The first-order chi connectivity index (χ1) is 10.9. The summed E-state index contributed by atoms with van der Waals surface area (Å²) in [5.74, 6) is -0.942. The van der Waals surface area contributed by atoms with E-state index in [2.05, 4.69) is 11.6 Å². The number of carbonyl (C=O) groups is 1. The maximum absolute atomic E-state index is 12.6. The van der Waals surface area contributed by atoms with Crippen LogP contribution in [-0.4, -0.2) is 15.9 Å². The first kappa shape index (κ1) is 17.7. The SMILES string of the molecule is C=CCC(=O)C(O)(c1cccnc1)C(C)c1ccc(Cl)cc1Cl. The lowest BCUT2D eigenvalue weighted by Crippen LogP contribution is -2.40. The van der Waals surface area contributed by atoms with Crippen LogP contribution in [-0.2, 0) is 10.4 Å². The number of benzene rings is 1. The van der Waals surface area contributed by atoms with E-state index >= 15 is 0 Å². The van der Waals surface area contributed by atoms with Gasteiger partial charge in [-0.25, -0.2) is 0 Å². The third-order valence-corrected chi connectivity index (χ3v) is 4.47. The van der Waals surface area contributed by atoms with Crippen LogP contribution in [0.15, 0.2) is 55.4 Å². The fourth-order valence-corrected chi connectivity index (χ4v) is 3.18. The molecule has 23 heavy (non-hydrogen) atoms. The van der Waals surface area contributed by atoms with E-state index in [1.54, 1.807) is 43.5 Å². The average Bonchev–Trinajstić information content (AvgIpc) is 2.54. The fraction of sp³-hybridized carbons (Fsp3) is 0.222. The Bertz CT molecular complexity index is 718. The highest BCUT2D eigenvalue weighted by Gasteiger charge is 2.43. The summed E-state index contributed by atoms with van der Waals surface area (Å²) < 4.78 is 0. The van der Waals surface area contributed by atoms with Crippen molar-refractivity contribution in [2.75, 3.05) is 0 Å². The first-order valence-electron chi connectivity index (χ1n) is 7.13. The summed E-state index contributed by atoms with van der Waals surface area (Å²) in [5.41, 5.74) is -0.690.